The zero-order valence-electron chi connectivity index (χ0n) is 11.1. The molecule has 0 aliphatic rings. The molecule has 0 fully saturated rings. The lowest BCUT2D eigenvalue weighted by molar-refractivity contribution is -0.152. The molecule has 0 aromatic heterocycles. The quantitative estimate of drug-likeness (QED) is 0.646. The van der Waals surface area contributed by atoms with E-state index in [2.05, 4.69) is 12.2 Å². The first-order chi connectivity index (χ1) is 7.50. The van der Waals surface area contributed by atoms with Crippen LogP contribution in [0.3, 0.4) is 0 Å². The number of rotatable bonds is 8. The zero-order valence-corrected chi connectivity index (χ0v) is 11.1. The number of hydrogen-bond acceptors (Lipinski definition) is 4. The molecule has 0 aliphatic heterocycles. The van der Waals surface area contributed by atoms with E-state index in [1.807, 2.05) is 20.8 Å². The smallest absolute Gasteiger partial charge is 0.326 e. The number of carbonyl (C=O) groups excluding carboxylic acids is 1. The third-order valence-electron chi connectivity index (χ3n) is 2.58. The minimum Gasteiger partial charge on any atom is -0.465 e. The Hall–Kier alpha value is -0.610. The van der Waals surface area contributed by atoms with Crippen LogP contribution in [0.2, 0.25) is 0 Å². The van der Waals surface area contributed by atoms with Gasteiger partial charge >= 0.3 is 5.97 Å². The molecule has 2 atom stereocenters. The van der Waals surface area contributed by atoms with E-state index in [9.17, 15) is 4.79 Å². The molecule has 0 saturated heterocycles. The summed E-state index contributed by atoms with van der Waals surface area (Å²) in [6.45, 7) is 8.83. The molecule has 16 heavy (non-hydrogen) atoms. The Balaban J connectivity index is 4.29. The van der Waals surface area contributed by atoms with Crippen LogP contribution in [0.25, 0.3) is 0 Å². The van der Waals surface area contributed by atoms with Gasteiger partial charge in [-0.15, -0.1) is 0 Å². The van der Waals surface area contributed by atoms with Crippen molar-refractivity contribution in [3.63, 3.8) is 0 Å². The van der Waals surface area contributed by atoms with Crippen LogP contribution in [0.15, 0.2) is 0 Å². The highest BCUT2D eigenvalue weighted by Crippen LogP contribution is 2.16. The van der Waals surface area contributed by atoms with Gasteiger partial charge in [-0.05, 0) is 34.2 Å². The van der Waals surface area contributed by atoms with Crippen LogP contribution in [0.5, 0.6) is 0 Å². The zero-order chi connectivity index (χ0) is 12.6. The molecule has 0 amide bonds. The molecular weight excluding hydrogens is 206 g/mol. The first-order valence-corrected chi connectivity index (χ1v) is 5.97. The highest BCUT2D eigenvalue weighted by Gasteiger charge is 2.34. The molecular formula is C12H25NO3. The summed E-state index contributed by atoms with van der Waals surface area (Å²) in [7, 11) is 1.77. The summed E-state index contributed by atoms with van der Waals surface area (Å²) >= 11 is 0. The molecule has 0 aliphatic carbocycles. The van der Waals surface area contributed by atoms with Crippen molar-refractivity contribution >= 4 is 5.97 Å². The van der Waals surface area contributed by atoms with Gasteiger partial charge in [-0.2, -0.15) is 0 Å². The lowest BCUT2D eigenvalue weighted by Crippen LogP contribution is -2.50. The van der Waals surface area contributed by atoms with Gasteiger partial charge in [0.15, 0.2) is 0 Å². The molecule has 0 spiro atoms. The van der Waals surface area contributed by atoms with Crippen molar-refractivity contribution in [2.75, 3.05) is 20.3 Å². The van der Waals surface area contributed by atoms with E-state index in [1.54, 1.807) is 7.05 Å². The summed E-state index contributed by atoms with van der Waals surface area (Å²) in [5.74, 6) is -0.218. The predicted octanol–water partition coefficient (Wildman–Crippen LogP) is 1.73. The summed E-state index contributed by atoms with van der Waals surface area (Å²) in [6.07, 6.45) is 1.64. The topological polar surface area (TPSA) is 47.6 Å². The van der Waals surface area contributed by atoms with Crippen molar-refractivity contribution in [2.24, 2.45) is 0 Å². The van der Waals surface area contributed by atoms with E-state index in [1.165, 1.54) is 0 Å². The molecule has 0 heterocycles. The fourth-order valence-electron chi connectivity index (χ4n) is 1.53. The fourth-order valence-corrected chi connectivity index (χ4v) is 1.53. The van der Waals surface area contributed by atoms with E-state index < -0.39 is 5.54 Å². The van der Waals surface area contributed by atoms with Crippen LogP contribution < -0.4 is 5.32 Å². The van der Waals surface area contributed by atoms with Crippen molar-refractivity contribution in [2.45, 2.75) is 52.2 Å². The summed E-state index contributed by atoms with van der Waals surface area (Å²) in [5.41, 5.74) is -0.664. The summed E-state index contributed by atoms with van der Waals surface area (Å²) < 4.78 is 10.6. The molecule has 0 saturated carbocycles. The van der Waals surface area contributed by atoms with Crippen molar-refractivity contribution in [1.82, 2.24) is 5.32 Å². The lowest BCUT2D eigenvalue weighted by atomic mass is 9.95. The van der Waals surface area contributed by atoms with E-state index in [4.69, 9.17) is 9.47 Å². The van der Waals surface area contributed by atoms with Crippen LogP contribution >= 0.6 is 0 Å². The van der Waals surface area contributed by atoms with Crippen LogP contribution in [-0.4, -0.2) is 37.9 Å². The van der Waals surface area contributed by atoms with Gasteiger partial charge in [-0.3, -0.25) is 4.79 Å². The molecule has 1 N–H and O–H groups in total. The van der Waals surface area contributed by atoms with Crippen molar-refractivity contribution < 1.29 is 14.3 Å². The fraction of sp³-hybridized carbons (Fsp3) is 0.917. The summed E-state index contributed by atoms with van der Waals surface area (Å²) in [4.78, 5) is 11.8. The third kappa shape index (κ3) is 4.94. The highest BCUT2D eigenvalue weighted by atomic mass is 16.5. The molecule has 4 heteroatoms. The standard InChI is InChI=1S/C12H25NO3/c1-6-8-16-10(3)9-12(4,13-5)11(14)15-7-2/h10,13H,6-9H2,1-5H3. The maximum atomic E-state index is 11.8. The van der Waals surface area contributed by atoms with Gasteiger partial charge in [0.2, 0.25) is 0 Å². The predicted molar refractivity (Wildman–Crippen MR) is 64.4 cm³/mol. The first-order valence-electron chi connectivity index (χ1n) is 5.97. The monoisotopic (exact) mass is 231 g/mol. The Morgan fingerprint density at radius 3 is 2.50 bits per heavy atom. The maximum Gasteiger partial charge on any atom is 0.326 e. The highest BCUT2D eigenvalue weighted by molar-refractivity contribution is 5.80. The van der Waals surface area contributed by atoms with Gasteiger partial charge in [0.25, 0.3) is 0 Å². The molecule has 96 valence electrons. The van der Waals surface area contributed by atoms with Gasteiger partial charge in [-0.25, -0.2) is 0 Å². The Labute approximate surface area is 98.7 Å². The average Bonchev–Trinajstić information content (AvgIpc) is 2.26. The van der Waals surface area contributed by atoms with Crippen LogP contribution in [0.1, 0.15) is 40.5 Å². The molecule has 0 radical (unpaired) electrons. The van der Waals surface area contributed by atoms with Gasteiger partial charge in [0, 0.05) is 13.0 Å². The van der Waals surface area contributed by atoms with Gasteiger partial charge in [0.05, 0.1) is 12.7 Å². The Kier molecular flexibility index (Phi) is 7.34. The number of carbonyl (C=O) groups is 1. The summed E-state index contributed by atoms with van der Waals surface area (Å²) in [6, 6.07) is 0. The van der Waals surface area contributed by atoms with Crippen LogP contribution in [0, 0.1) is 0 Å². The Bertz CT molecular complexity index is 208. The van der Waals surface area contributed by atoms with Crippen molar-refractivity contribution in [3.05, 3.63) is 0 Å². The molecule has 4 nitrogen and oxygen atoms in total. The minimum absolute atomic E-state index is 0.0433. The van der Waals surface area contributed by atoms with E-state index >= 15 is 0 Å². The third-order valence-corrected chi connectivity index (χ3v) is 2.58. The molecule has 0 bridgehead atoms. The maximum absolute atomic E-state index is 11.8. The second kappa shape index (κ2) is 7.63. The summed E-state index contributed by atoms with van der Waals surface area (Å²) in [5, 5.41) is 3.02. The first kappa shape index (κ1) is 15.4. The second-order valence-electron chi connectivity index (χ2n) is 4.19. The molecule has 0 rings (SSSR count). The number of likely N-dealkylation sites (N-methyl/N-ethyl adjacent to an activating group) is 1. The largest absolute Gasteiger partial charge is 0.465 e. The van der Waals surface area contributed by atoms with Crippen LogP contribution in [-0.2, 0) is 14.3 Å². The van der Waals surface area contributed by atoms with Gasteiger partial charge in [-0.1, -0.05) is 6.92 Å². The number of nitrogens with one attached hydrogen (secondary N) is 1. The van der Waals surface area contributed by atoms with Gasteiger partial charge in [0.1, 0.15) is 5.54 Å². The van der Waals surface area contributed by atoms with Crippen molar-refractivity contribution in [3.8, 4) is 0 Å². The molecule has 2 unspecified atom stereocenters. The number of hydrogen-bond donors (Lipinski definition) is 1. The van der Waals surface area contributed by atoms with Crippen LogP contribution in [0.4, 0.5) is 0 Å². The lowest BCUT2D eigenvalue weighted by Gasteiger charge is -2.29. The SMILES string of the molecule is CCCOC(C)CC(C)(NC)C(=O)OCC. The Morgan fingerprint density at radius 2 is 2.06 bits per heavy atom. The van der Waals surface area contributed by atoms with E-state index in [0.717, 1.165) is 13.0 Å². The van der Waals surface area contributed by atoms with E-state index in [0.29, 0.717) is 13.0 Å². The number of ether oxygens (including phenoxy) is 2. The van der Waals surface area contributed by atoms with E-state index in [-0.39, 0.29) is 12.1 Å². The normalized spacial score (nSPS) is 16.6. The number of esters is 1. The molecule has 0 aromatic carbocycles. The average molecular weight is 231 g/mol. The van der Waals surface area contributed by atoms with Crippen molar-refractivity contribution in [1.29, 1.82) is 0 Å². The Morgan fingerprint density at radius 1 is 1.44 bits per heavy atom. The van der Waals surface area contributed by atoms with Gasteiger partial charge < -0.3 is 14.8 Å². The minimum atomic E-state index is -0.664. The second-order valence-corrected chi connectivity index (χ2v) is 4.19. The molecule has 0 aromatic rings.